The van der Waals surface area contributed by atoms with Gasteiger partial charge < -0.3 is 5.32 Å². The first-order chi connectivity index (χ1) is 10.5. The van der Waals surface area contributed by atoms with Gasteiger partial charge in [-0.05, 0) is 12.8 Å². The highest BCUT2D eigenvalue weighted by atomic mass is 32.2. The molecule has 4 amide bonds. The highest BCUT2D eigenvalue weighted by molar-refractivity contribution is 8.01. The van der Waals surface area contributed by atoms with E-state index in [0.717, 1.165) is 12.8 Å². The molecule has 1 heterocycles. The molecule has 1 aromatic rings. The molecule has 1 aliphatic carbocycles. The van der Waals surface area contributed by atoms with Gasteiger partial charge in [0.05, 0.1) is 5.75 Å². The number of nitrogens with one attached hydrogen (secondary N) is 2. The monoisotopic (exact) mass is 343 g/mol. The second-order valence-electron chi connectivity index (χ2n) is 4.61. The third-order valence-corrected chi connectivity index (χ3v) is 4.95. The van der Waals surface area contributed by atoms with E-state index in [-0.39, 0.29) is 17.7 Å². The van der Waals surface area contributed by atoms with E-state index in [0.29, 0.717) is 15.9 Å². The third kappa shape index (κ3) is 4.41. The Hall–Kier alpha value is -1.68. The Bertz CT molecular complexity index is 573. The molecule has 0 atom stereocenters. The summed E-state index contributed by atoms with van der Waals surface area (Å²) < 4.78 is 0.594. The molecule has 1 fully saturated rings. The van der Waals surface area contributed by atoms with Crippen molar-refractivity contribution in [3.8, 4) is 0 Å². The molecule has 1 aliphatic rings. The lowest BCUT2D eigenvalue weighted by Crippen LogP contribution is -2.38. The predicted octanol–water partition coefficient (Wildman–Crippen LogP) is 0.991. The molecule has 0 bridgehead atoms. The fourth-order valence-electron chi connectivity index (χ4n) is 1.68. The number of anilines is 1. The summed E-state index contributed by atoms with van der Waals surface area (Å²) >= 11 is 2.47. The van der Waals surface area contributed by atoms with Crippen molar-refractivity contribution in [1.82, 2.24) is 20.8 Å². The van der Waals surface area contributed by atoms with Crippen molar-refractivity contribution < 1.29 is 14.4 Å². The molecule has 0 aliphatic heterocycles. The quantitative estimate of drug-likeness (QED) is 0.590. The molecule has 0 radical (unpaired) electrons. The Balaban J connectivity index is 1.92. The Morgan fingerprint density at radius 1 is 1.36 bits per heavy atom. The van der Waals surface area contributed by atoms with Crippen LogP contribution in [-0.2, 0) is 9.59 Å². The van der Waals surface area contributed by atoms with Gasteiger partial charge in [-0.25, -0.2) is 4.79 Å². The van der Waals surface area contributed by atoms with Crippen LogP contribution >= 0.6 is 23.1 Å². The number of carbonyl (C=O) groups is 3. The number of amides is 4. The number of nitrogens with zero attached hydrogens (tertiary/aromatic N) is 3. The number of aromatic nitrogens is 2. The average molecular weight is 343 g/mol. The molecular formula is C12H17N5O3S2. The van der Waals surface area contributed by atoms with E-state index in [2.05, 4.69) is 20.8 Å². The van der Waals surface area contributed by atoms with E-state index in [1.165, 1.54) is 30.1 Å². The van der Waals surface area contributed by atoms with Crippen LogP contribution in [0.1, 0.15) is 26.2 Å². The van der Waals surface area contributed by atoms with Gasteiger partial charge >= 0.3 is 6.03 Å². The number of thioether (sulfide) groups is 1. The zero-order chi connectivity index (χ0) is 16.1. The van der Waals surface area contributed by atoms with Crippen molar-refractivity contribution >= 4 is 46.1 Å². The van der Waals surface area contributed by atoms with Gasteiger partial charge in [0.25, 0.3) is 0 Å². The van der Waals surface area contributed by atoms with Crippen LogP contribution in [0, 0.1) is 0 Å². The van der Waals surface area contributed by atoms with E-state index in [1.807, 2.05) is 6.92 Å². The molecule has 0 unspecified atom stereocenters. The van der Waals surface area contributed by atoms with Crippen LogP contribution in [-0.4, -0.2) is 46.9 Å². The first kappa shape index (κ1) is 16.7. The molecule has 2 rings (SSSR count). The van der Waals surface area contributed by atoms with Gasteiger partial charge in [-0.2, -0.15) is 0 Å². The summed E-state index contributed by atoms with van der Waals surface area (Å²) in [6.07, 6.45) is 2.40. The van der Waals surface area contributed by atoms with Gasteiger partial charge in [0.2, 0.25) is 16.9 Å². The molecule has 120 valence electrons. The van der Waals surface area contributed by atoms with Gasteiger partial charge in [-0.3, -0.25) is 19.8 Å². The highest BCUT2D eigenvalue weighted by Gasteiger charge is 2.35. The number of carbonyl (C=O) groups excluding carboxylic acids is 3. The summed E-state index contributed by atoms with van der Waals surface area (Å²) in [6, 6.07) is -0.313. The molecule has 22 heavy (non-hydrogen) atoms. The minimum absolute atomic E-state index is 0.0348. The molecule has 2 N–H and O–H groups in total. The molecule has 8 nitrogen and oxygen atoms in total. The van der Waals surface area contributed by atoms with Gasteiger partial charge in [0.1, 0.15) is 0 Å². The van der Waals surface area contributed by atoms with E-state index >= 15 is 0 Å². The predicted molar refractivity (Wildman–Crippen MR) is 84.0 cm³/mol. The lowest BCUT2D eigenvalue weighted by molar-refractivity contribution is -0.118. The molecule has 0 saturated heterocycles. The summed E-state index contributed by atoms with van der Waals surface area (Å²) in [4.78, 5) is 36.2. The number of hydrogen-bond donors (Lipinski definition) is 2. The highest BCUT2D eigenvalue weighted by Crippen LogP contribution is 2.36. The van der Waals surface area contributed by atoms with E-state index in [1.54, 1.807) is 4.90 Å². The summed E-state index contributed by atoms with van der Waals surface area (Å²) in [6.45, 7) is 1.82. The SMILES string of the molecule is CCC(=O)N(c1nnc(SCC(=O)NC(=O)NC)s1)C1CC1. The summed E-state index contributed by atoms with van der Waals surface area (Å²) in [7, 11) is 1.43. The van der Waals surface area contributed by atoms with Crippen LogP contribution in [0.4, 0.5) is 9.93 Å². The fraction of sp³-hybridized carbons (Fsp3) is 0.583. The topological polar surface area (TPSA) is 104 Å². The first-order valence-corrected chi connectivity index (χ1v) is 8.65. The zero-order valence-electron chi connectivity index (χ0n) is 12.3. The standard InChI is InChI=1S/C12H17N5O3S2/c1-3-9(19)17(7-4-5-7)11-15-16-12(22-11)21-6-8(18)14-10(20)13-2/h7H,3-6H2,1-2H3,(H2,13,14,18,20). The van der Waals surface area contributed by atoms with Crippen molar-refractivity contribution in [3.63, 3.8) is 0 Å². The molecule has 1 aromatic heterocycles. The van der Waals surface area contributed by atoms with Crippen molar-refractivity contribution in [1.29, 1.82) is 0 Å². The summed E-state index contributed by atoms with van der Waals surface area (Å²) in [5, 5.41) is 13.1. The lowest BCUT2D eigenvalue weighted by atomic mass is 10.4. The van der Waals surface area contributed by atoms with Crippen molar-refractivity contribution in [2.24, 2.45) is 0 Å². The Labute approximate surface area is 136 Å². The second kappa shape index (κ2) is 7.54. The maximum atomic E-state index is 12.0. The van der Waals surface area contributed by atoms with E-state index < -0.39 is 11.9 Å². The Kier molecular flexibility index (Phi) is 5.72. The second-order valence-corrected chi connectivity index (χ2v) is 6.79. The number of rotatable bonds is 6. The zero-order valence-corrected chi connectivity index (χ0v) is 13.9. The smallest absolute Gasteiger partial charge is 0.321 e. The van der Waals surface area contributed by atoms with Gasteiger partial charge in [-0.1, -0.05) is 30.0 Å². The molecule has 0 spiro atoms. The largest absolute Gasteiger partial charge is 0.341 e. The van der Waals surface area contributed by atoms with Crippen molar-refractivity contribution in [2.45, 2.75) is 36.6 Å². The number of urea groups is 1. The summed E-state index contributed by atoms with van der Waals surface area (Å²) in [5.74, 6) is -0.315. The maximum Gasteiger partial charge on any atom is 0.321 e. The van der Waals surface area contributed by atoms with Crippen LogP contribution in [0.2, 0.25) is 0 Å². The van der Waals surface area contributed by atoms with Gasteiger partial charge in [0.15, 0.2) is 4.34 Å². The number of imide groups is 1. The molecule has 1 saturated carbocycles. The van der Waals surface area contributed by atoms with Gasteiger partial charge in [0, 0.05) is 19.5 Å². The maximum absolute atomic E-state index is 12.0. The van der Waals surface area contributed by atoms with Crippen molar-refractivity contribution in [3.05, 3.63) is 0 Å². The Morgan fingerprint density at radius 2 is 2.09 bits per heavy atom. The van der Waals surface area contributed by atoms with E-state index in [9.17, 15) is 14.4 Å². The van der Waals surface area contributed by atoms with Crippen LogP contribution in [0.5, 0.6) is 0 Å². The lowest BCUT2D eigenvalue weighted by Gasteiger charge is -2.17. The van der Waals surface area contributed by atoms with Crippen molar-refractivity contribution in [2.75, 3.05) is 17.7 Å². The van der Waals surface area contributed by atoms with Crippen LogP contribution in [0.25, 0.3) is 0 Å². The molecule has 10 heteroatoms. The third-order valence-electron chi connectivity index (χ3n) is 2.89. The minimum Gasteiger partial charge on any atom is -0.341 e. The van der Waals surface area contributed by atoms with Crippen LogP contribution in [0.15, 0.2) is 4.34 Å². The molecule has 0 aromatic carbocycles. The first-order valence-electron chi connectivity index (χ1n) is 6.85. The summed E-state index contributed by atoms with van der Waals surface area (Å²) in [5.41, 5.74) is 0. The number of hydrogen-bond acceptors (Lipinski definition) is 7. The Morgan fingerprint density at radius 3 is 2.68 bits per heavy atom. The van der Waals surface area contributed by atoms with Crippen LogP contribution in [0.3, 0.4) is 0 Å². The van der Waals surface area contributed by atoms with Crippen LogP contribution < -0.4 is 15.5 Å². The van der Waals surface area contributed by atoms with E-state index in [4.69, 9.17) is 0 Å². The normalized spacial score (nSPS) is 13.5. The minimum atomic E-state index is -0.544. The molecular weight excluding hydrogens is 326 g/mol. The van der Waals surface area contributed by atoms with Gasteiger partial charge in [-0.15, -0.1) is 10.2 Å². The average Bonchev–Trinajstić information content (AvgIpc) is 3.23. The fourth-order valence-corrected chi connectivity index (χ4v) is 3.41.